The Morgan fingerprint density at radius 1 is 0.829 bits per heavy atom. The molecule has 0 aliphatic heterocycles. The molecule has 1 aliphatic rings. The van der Waals surface area contributed by atoms with Gasteiger partial charge in [-0.05, 0) is 48.8 Å². The maximum Gasteiger partial charge on any atom is 0.363 e. The SMILES string of the molecule is CC.CC.CCC.CCC.O=c1oc2cc3oc(=O)c4c(c3cc2nc1-c1cccs1)CCCC4. The van der Waals surface area contributed by atoms with Crippen LogP contribution in [0.4, 0.5) is 0 Å². The average Bonchev–Trinajstić information content (AvgIpc) is 3.41. The summed E-state index contributed by atoms with van der Waals surface area (Å²) in [6.07, 6.45) is 6.18. The largest absolute Gasteiger partial charge is 0.422 e. The molecule has 0 N–H and O–H groups in total. The molecule has 0 atom stereocenters. The van der Waals surface area contributed by atoms with E-state index >= 15 is 0 Å². The Morgan fingerprint density at radius 2 is 1.40 bits per heavy atom. The monoisotopic (exact) mass is 499 g/mol. The molecule has 35 heavy (non-hydrogen) atoms. The Labute approximate surface area is 213 Å². The molecular weight excluding hydrogens is 458 g/mol. The number of fused-ring (bicyclic) bond motifs is 4. The third kappa shape index (κ3) is 7.63. The van der Waals surface area contributed by atoms with Crippen LogP contribution < -0.4 is 11.3 Å². The van der Waals surface area contributed by atoms with Crippen molar-refractivity contribution in [3.05, 3.63) is 61.6 Å². The van der Waals surface area contributed by atoms with Gasteiger partial charge in [0.15, 0.2) is 11.3 Å². The highest BCUT2D eigenvalue weighted by Crippen LogP contribution is 2.30. The van der Waals surface area contributed by atoms with Gasteiger partial charge in [-0.1, -0.05) is 74.3 Å². The second-order valence-corrected chi connectivity index (χ2v) is 8.56. The van der Waals surface area contributed by atoms with E-state index in [0.717, 1.165) is 47.1 Å². The molecule has 3 aromatic heterocycles. The summed E-state index contributed by atoms with van der Waals surface area (Å²) < 4.78 is 10.9. The first-order valence-electron chi connectivity index (χ1n) is 13.0. The van der Waals surface area contributed by atoms with Gasteiger partial charge in [-0.25, -0.2) is 14.6 Å². The molecule has 0 fully saturated rings. The number of nitrogens with zero attached hydrogens (tertiary/aromatic N) is 1. The van der Waals surface area contributed by atoms with E-state index in [-0.39, 0.29) is 5.63 Å². The molecule has 0 saturated heterocycles. The molecule has 0 spiro atoms. The summed E-state index contributed by atoms with van der Waals surface area (Å²) in [5.41, 5.74) is 2.73. The van der Waals surface area contributed by atoms with Crippen LogP contribution in [0.15, 0.2) is 48.1 Å². The quantitative estimate of drug-likeness (QED) is 0.193. The fraction of sp³-hybridized carbons (Fsp3) is 0.483. The molecule has 0 saturated carbocycles. The van der Waals surface area contributed by atoms with Gasteiger partial charge in [-0.2, -0.15) is 0 Å². The molecule has 1 aliphatic carbocycles. The molecule has 5 nitrogen and oxygen atoms in total. The van der Waals surface area contributed by atoms with Crippen molar-refractivity contribution in [2.24, 2.45) is 0 Å². The van der Waals surface area contributed by atoms with Gasteiger partial charge < -0.3 is 8.83 Å². The highest BCUT2D eigenvalue weighted by molar-refractivity contribution is 7.13. The van der Waals surface area contributed by atoms with Crippen LogP contribution in [-0.2, 0) is 12.8 Å². The van der Waals surface area contributed by atoms with Crippen LogP contribution in [0, 0.1) is 0 Å². The van der Waals surface area contributed by atoms with Crippen molar-refractivity contribution in [1.29, 1.82) is 0 Å². The van der Waals surface area contributed by atoms with Crippen LogP contribution in [0.2, 0.25) is 0 Å². The zero-order chi connectivity index (χ0) is 26.4. The zero-order valence-corrected chi connectivity index (χ0v) is 23.4. The molecule has 0 bridgehead atoms. The molecule has 1 aromatic carbocycles. The van der Waals surface area contributed by atoms with Gasteiger partial charge in [-0.15, -0.1) is 11.3 Å². The second kappa shape index (κ2) is 16.0. The Kier molecular flexibility index (Phi) is 13.9. The predicted molar refractivity (Wildman–Crippen MR) is 151 cm³/mol. The number of aromatic nitrogens is 1. The van der Waals surface area contributed by atoms with Crippen molar-refractivity contribution in [2.45, 2.75) is 93.9 Å². The minimum absolute atomic E-state index is 0.285. The van der Waals surface area contributed by atoms with E-state index < -0.39 is 5.63 Å². The smallest absolute Gasteiger partial charge is 0.363 e. The molecule has 0 unspecified atom stereocenters. The Morgan fingerprint density at radius 3 is 1.97 bits per heavy atom. The third-order valence-corrected chi connectivity index (χ3v) is 5.56. The maximum atomic E-state index is 12.3. The van der Waals surface area contributed by atoms with Crippen LogP contribution in [0.5, 0.6) is 0 Å². The van der Waals surface area contributed by atoms with E-state index in [2.05, 4.69) is 32.7 Å². The summed E-state index contributed by atoms with van der Waals surface area (Å²) in [5, 5.41) is 2.78. The lowest BCUT2D eigenvalue weighted by molar-refractivity contribution is 0.530. The Bertz CT molecular complexity index is 1270. The first-order valence-corrected chi connectivity index (χ1v) is 13.9. The van der Waals surface area contributed by atoms with Crippen molar-refractivity contribution < 1.29 is 8.83 Å². The first-order chi connectivity index (χ1) is 17.0. The van der Waals surface area contributed by atoms with Crippen molar-refractivity contribution in [3.63, 3.8) is 0 Å². The van der Waals surface area contributed by atoms with Crippen molar-refractivity contribution in [2.75, 3.05) is 0 Å². The molecule has 4 aromatic rings. The maximum absolute atomic E-state index is 12.3. The molecule has 0 radical (unpaired) electrons. The zero-order valence-electron chi connectivity index (χ0n) is 22.6. The fourth-order valence-corrected chi connectivity index (χ4v) is 4.21. The highest BCUT2D eigenvalue weighted by Gasteiger charge is 2.20. The van der Waals surface area contributed by atoms with Gasteiger partial charge in [0, 0.05) is 17.0 Å². The molecular formula is C29H41NO4S. The number of hydrogen-bond acceptors (Lipinski definition) is 6. The minimum Gasteiger partial charge on any atom is -0.422 e. The summed E-state index contributed by atoms with van der Waals surface area (Å²) in [6, 6.07) is 7.19. The van der Waals surface area contributed by atoms with Crippen molar-refractivity contribution in [1.82, 2.24) is 4.98 Å². The lowest BCUT2D eigenvalue weighted by Crippen LogP contribution is -2.15. The number of aryl methyl sites for hydroxylation is 1. The number of hydrogen-bond donors (Lipinski definition) is 0. The lowest BCUT2D eigenvalue weighted by Gasteiger charge is -2.16. The van der Waals surface area contributed by atoms with E-state index in [0.29, 0.717) is 22.4 Å². The van der Waals surface area contributed by atoms with Gasteiger partial charge >= 0.3 is 11.3 Å². The van der Waals surface area contributed by atoms with Crippen molar-refractivity contribution >= 4 is 33.4 Å². The van der Waals surface area contributed by atoms with Gasteiger partial charge in [0.2, 0.25) is 0 Å². The van der Waals surface area contributed by atoms with Gasteiger partial charge in [-0.3, -0.25) is 0 Å². The first kappa shape index (κ1) is 30.3. The average molecular weight is 500 g/mol. The van der Waals surface area contributed by atoms with Gasteiger partial charge in [0.25, 0.3) is 0 Å². The predicted octanol–water partition coefficient (Wildman–Crippen LogP) is 8.79. The summed E-state index contributed by atoms with van der Waals surface area (Å²) in [5.74, 6) is 0. The molecule has 5 rings (SSSR count). The van der Waals surface area contributed by atoms with Crippen LogP contribution >= 0.6 is 11.3 Å². The second-order valence-electron chi connectivity index (χ2n) is 7.61. The molecule has 6 heteroatoms. The number of benzene rings is 1. The van der Waals surface area contributed by atoms with E-state index in [1.807, 2.05) is 51.3 Å². The molecule has 192 valence electrons. The third-order valence-electron chi connectivity index (χ3n) is 4.69. The van der Waals surface area contributed by atoms with Crippen LogP contribution in [0.25, 0.3) is 32.6 Å². The lowest BCUT2D eigenvalue weighted by atomic mass is 9.90. The van der Waals surface area contributed by atoms with Gasteiger partial charge in [0.1, 0.15) is 11.1 Å². The fourth-order valence-electron chi connectivity index (χ4n) is 3.51. The van der Waals surface area contributed by atoms with E-state index in [1.54, 1.807) is 6.07 Å². The standard InChI is InChI=1S/C19H13NO4S.2C3H8.2C2H6/c21-18-11-5-2-1-4-10(11)12-8-13-15(9-14(12)23-18)24-19(22)17(20-13)16-6-3-7-25-16;2*1-3-2;2*1-2/h3,6-9H,1-2,4-5H2;2*3H2,1-2H3;2*1-2H3. The van der Waals surface area contributed by atoms with E-state index in [4.69, 9.17) is 8.83 Å². The van der Waals surface area contributed by atoms with Crippen LogP contribution in [0.1, 0.15) is 92.2 Å². The summed E-state index contributed by atoms with van der Waals surface area (Å²) >= 11 is 1.44. The molecule has 3 heterocycles. The topological polar surface area (TPSA) is 73.3 Å². The summed E-state index contributed by atoms with van der Waals surface area (Å²) in [6.45, 7) is 16.5. The summed E-state index contributed by atoms with van der Waals surface area (Å²) in [7, 11) is 0. The number of thiophene rings is 1. The van der Waals surface area contributed by atoms with E-state index in [1.165, 1.54) is 24.2 Å². The minimum atomic E-state index is -0.491. The Balaban J connectivity index is 0.000000540. The summed E-state index contributed by atoms with van der Waals surface area (Å²) in [4.78, 5) is 29.8. The van der Waals surface area contributed by atoms with Crippen LogP contribution in [0.3, 0.4) is 0 Å². The van der Waals surface area contributed by atoms with Gasteiger partial charge in [0.05, 0.1) is 4.88 Å². The normalized spacial score (nSPS) is 11.4. The highest BCUT2D eigenvalue weighted by atomic mass is 32.1. The van der Waals surface area contributed by atoms with Crippen molar-refractivity contribution in [3.8, 4) is 10.6 Å². The van der Waals surface area contributed by atoms with Crippen LogP contribution in [-0.4, -0.2) is 4.98 Å². The molecule has 0 amide bonds. The Hall–Kier alpha value is -2.73. The van der Waals surface area contributed by atoms with E-state index in [9.17, 15) is 9.59 Å². The number of rotatable bonds is 1.